The molecule has 0 aromatic heterocycles. The lowest BCUT2D eigenvalue weighted by Crippen LogP contribution is -2.31. The summed E-state index contributed by atoms with van der Waals surface area (Å²) in [6.07, 6.45) is 0.367. The Bertz CT molecular complexity index is 94.2. The van der Waals surface area contributed by atoms with Crippen LogP contribution in [0.2, 0.25) is 0 Å². The number of aliphatic carboxylic acids is 1. The molecule has 0 saturated carbocycles. The van der Waals surface area contributed by atoms with E-state index in [1.807, 2.05) is 0 Å². The zero-order valence-electron chi connectivity index (χ0n) is 5.33. The highest BCUT2D eigenvalue weighted by molar-refractivity contribution is 5.72. The van der Waals surface area contributed by atoms with E-state index in [-0.39, 0.29) is 0 Å². The number of carboxylic acid groups (broad SMARTS) is 1. The van der Waals surface area contributed by atoms with E-state index < -0.39 is 12.0 Å². The van der Waals surface area contributed by atoms with Crippen LogP contribution in [0.25, 0.3) is 0 Å². The van der Waals surface area contributed by atoms with Gasteiger partial charge >= 0.3 is 5.97 Å². The van der Waals surface area contributed by atoms with Gasteiger partial charge in [0.25, 0.3) is 0 Å². The summed E-state index contributed by atoms with van der Waals surface area (Å²) in [6, 6.07) is -0.787. The monoisotopic (exact) mass is 133 g/mol. The van der Waals surface area contributed by atoms with Crippen LogP contribution < -0.4 is 5.73 Å². The van der Waals surface area contributed by atoms with Crippen molar-refractivity contribution in [3.05, 3.63) is 0 Å². The quantitative estimate of drug-likeness (QED) is 0.539. The van der Waals surface area contributed by atoms with Crippen molar-refractivity contribution in [3.63, 3.8) is 0 Å². The van der Waals surface area contributed by atoms with Gasteiger partial charge in [-0.2, -0.15) is 0 Å². The summed E-state index contributed by atoms with van der Waals surface area (Å²) < 4.78 is 4.62. The Morgan fingerprint density at radius 1 is 1.89 bits per heavy atom. The maximum absolute atomic E-state index is 10.0. The van der Waals surface area contributed by atoms with E-state index in [1.54, 1.807) is 0 Å². The number of rotatable bonds is 4. The van der Waals surface area contributed by atoms with Crippen molar-refractivity contribution in [2.75, 3.05) is 13.7 Å². The minimum atomic E-state index is -0.980. The Hall–Kier alpha value is -0.610. The van der Waals surface area contributed by atoms with E-state index in [1.165, 1.54) is 7.11 Å². The van der Waals surface area contributed by atoms with Crippen LogP contribution in [0.15, 0.2) is 0 Å². The molecule has 0 amide bonds. The fraction of sp³-hybridized carbons (Fsp3) is 0.800. The Morgan fingerprint density at radius 3 is 2.78 bits per heavy atom. The highest BCUT2D eigenvalue weighted by Gasteiger charge is 2.09. The van der Waals surface area contributed by atoms with Gasteiger partial charge in [0.15, 0.2) is 0 Å². The van der Waals surface area contributed by atoms with Gasteiger partial charge in [0.1, 0.15) is 6.04 Å². The van der Waals surface area contributed by atoms with Crippen LogP contribution >= 0.6 is 0 Å². The first-order chi connectivity index (χ1) is 4.18. The van der Waals surface area contributed by atoms with Crippen molar-refractivity contribution in [2.24, 2.45) is 5.73 Å². The molecule has 3 N–H and O–H groups in total. The second-order valence-electron chi connectivity index (χ2n) is 1.73. The number of ether oxygens (including phenoxy) is 1. The van der Waals surface area contributed by atoms with Crippen LogP contribution in [0.5, 0.6) is 0 Å². The predicted molar refractivity (Wildman–Crippen MR) is 32.1 cm³/mol. The molecule has 0 bridgehead atoms. The normalized spacial score (nSPS) is 13.1. The zero-order valence-corrected chi connectivity index (χ0v) is 5.33. The second kappa shape index (κ2) is 4.29. The Morgan fingerprint density at radius 2 is 2.44 bits per heavy atom. The SMILES string of the molecule is COCC[C@@H](N)C(=O)O. The molecular formula is C5H11NO3. The van der Waals surface area contributed by atoms with E-state index >= 15 is 0 Å². The number of carboxylic acids is 1. The van der Waals surface area contributed by atoms with Crippen molar-refractivity contribution in [3.8, 4) is 0 Å². The van der Waals surface area contributed by atoms with Crippen molar-refractivity contribution in [1.29, 1.82) is 0 Å². The van der Waals surface area contributed by atoms with Crippen molar-refractivity contribution in [2.45, 2.75) is 12.5 Å². The molecule has 0 unspecified atom stereocenters. The molecule has 54 valence electrons. The summed E-state index contributed by atoms with van der Waals surface area (Å²) in [4.78, 5) is 10.0. The Labute approximate surface area is 53.6 Å². The number of hydrogen-bond acceptors (Lipinski definition) is 3. The minimum Gasteiger partial charge on any atom is -0.480 e. The molecule has 0 heterocycles. The third kappa shape index (κ3) is 3.93. The van der Waals surface area contributed by atoms with E-state index in [2.05, 4.69) is 4.74 Å². The molecule has 0 saturated heterocycles. The molecule has 0 aromatic carbocycles. The van der Waals surface area contributed by atoms with E-state index in [0.717, 1.165) is 0 Å². The molecule has 1 atom stereocenters. The fourth-order valence-corrected chi connectivity index (χ4v) is 0.368. The van der Waals surface area contributed by atoms with Crippen LogP contribution in [-0.4, -0.2) is 30.8 Å². The van der Waals surface area contributed by atoms with Gasteiger partial charge in [-0.3, -0.25) is 4.79 Å². The first-order valence-electron chi connectivity index (χ1n) is 2.65. The first kappa shape index (κ1) is 8.39. The summed E-state index contributed by atoms with van der Waals surface area (Å²) in [5, 5.41) is 8.23. The summed E-state index contributed by atoms with van der Waals surface area (Å²) in [5.74, 6) is -0.980. The molecular weight excluding hydrogens is 122 g/mol. The third-order valence-corrected chi connectivity index (χ3v) is 0.950. The largest absolute Gasteiger partial charge is 0.480 e. The van der Waals surface area contributed by atoms with E-state index in [0.29, 0.717) is 13.0 Å². The molecule has 0 aliphatic heterocycles. The van der Waals surface area contributed by atoms with Crippen LogP contribution in [-0.2, 0) is 9.53 Å². The number of nitrogens with two attached hydrogens (primary N) is 1. The maximum atomic E-state index is 10.0. The number of carbonyl (C=O) groups is 1. The lowest BCUT2D eigenvalue weighted by atomic mass is 10.2. The highest BCUT2D eigenvalue weighted by atomic mass is 16.5. The predicted octanol–water partition coefficient (Wildman–Crippen LogP) is -0.565. The van der Waals surface area contributed by atoms with Gasteiger partial charge in [-0.1, -0.05) is 0 Å². The molecule has 0 spiro atoms. The van der Waals surface area contributed by atoms with Gasteiger partial charge in [0, 0.05) is 13.7 Å². The minimum absolute atomic E-state index is 0.367. The maximum Gasteiger partial charge on any atom is 0.320 e. The smallest absolute Gasteiger partial charge is 0.320 e. The summed E-state index contributed by atoms with van der Waals surface area (Å²) in [5.41, 5.74) is 5.12. The summed E-state index contributed by atoms with van der Waals surface area (Å²) in [6.45, 7) is 0.396. The Kier molecular flexibility index (Phi) is 4.00. The third-order valence-electron chi connectivity index (χ3n) is 0.950. The molecule has 0 rings (SSSR count). The summed E-state index contributed by atoms with van der Waals surface area (Å²) >= 11 is 0. The molecule has 9 heavy (non-hydrogen) atoms. The van der Waals surface area contributed by atoms with Crippen molar-refractivity contribution < 1.29 is 14.6 Å². The van der Waals surface area contributed by atoms with Gasteiger partial charge in [-0.05, 0) is 6.42 Å². The molecule has 0 fully saturated rings. The van der Waals surface area contributed by atoms with Crippen LogP contribution in [0.3, 0.4) is 0 Å². The average molecular weight is 133 g/mol. The van der Waals surface area contributed by atoms with Gasteiger partial charge in [0.05, 0.1) is 0 Å². The van der Waals surface area contributed by atoms with Gasteiger partial charge in [-0.15, -0.1) is 0 Å². The second-order valence-corrected chi connectivity index (χ2v) is 1.73. The molecule has 0 aliphatic rings. The highest BCUT2D eigenvalue weighted by Crippen LogP contribution is 1.86. The zero-order chi connectivity index (χ0) is 7.28. The van der Waals surface area contributed by atoms with Gasteiger partial charge < -0.3 is 15.6 Å². The van der Waals surface area contributed by atoms with Crippen molar-refractivity contribution >= 4 is 5.97 Å². The molecule has 0 radical (unpaired) electrons. The van der Waals surface area contributed by atoms with E-state index in [4.69, 9.17) is 10.8 Å². The molecule has 4 heteroatoms. The van der Waals surface area contributed by atoms with Crippen LogP contribution in [0.4, 0.5) is 0 Å². The number of hydrogen-bond donors (Lipinski definition) is 2. The molecule has 0 aromatic rings. The van der Waals surface area contributed by atoms with Gasteiger partial charge in [0.2, 0.25) is 0 Å². The first-order valence-corrected chi connectivity index (χ1v) is 2.65. The Balaban J connectivity index is 3.27. The van der Waals surface area contributed by atoms with Crippen molar-refractivity contribution in [1.82, 2.24) is 0 Å². The lowest BCUT2D eigenvalue weighted by Gasteiger charge is -2.02. The van der Waals surface area contributed by atoms with Gasteiger partial charge in [-0.25, -0.2) is 0 Å². The molecule has 0 aliphatic carbocycles. The topological polar surface area (TPSA) is 72.5 Å². The molecule has 4 nitrogen and oxygen atoms in total. The number of methoxy groups -OCH3 is 1. The van der Waals surface area contributed by atoms with Crippen LogP contribution in [0.1, 0.15) is 6.42 Å². The van der Waals surface area contributed by atoms with Crippen LogP contribution in [0, 0.1) is 0 Å². The standard InChI is InChI=1S/C5H11NO3/c1-9-3-2-4(6)5(7)8/h4H,2-3,6H2,1H3,(H,7,8)/t4-/m1/s1. The van der Waals surface area contributed by atoms with E-state index in [9.17, 15) is 4.79 Å². The summed E-state index contributed by atoms with van der Waals surface area (Å²) in [7, 11) is 1.51. The lowest BCUT2D eigenvalue weighted by molar-refractivity contribution is -0.138. The average Bonchev–Trinajstić information content (AvgIpc) is 1.82. The fourth-order valence-electron chi connectivity index (χ4n) is 0.368.